The van der Waals surface area contributed by atoms with Gasteiger partial charge in [-0.25, -0.2) is 4.79 Å². The van der Waals surface area contributed by atoms with E-state index >= 15 is 0 Å². The molecule has 6 heteroatoms. The molecule has 150 valence electrons. The van der Waals surface area contributed by atoms with Gasteiger partial charge in [-0.2, -0.15) is 0 Å². The summed E-state index contributed by atoms with van der Waals surface area (Å²) in [5.41, 5.74) is 2.60. The van der Waals surface area contributed by atoms with E-state index in [-0.39, 0.29) is 5.91 Å². The van der Waals surface area contributed by atoms with Crippen LogP contribution in [0.2, 0.25) is 0 Å². The Balaban J connectivity index is 1.85. The highest BCUT2D eigenvalue weighted by Crippen LogP contribution is 2.36. The zero-order chi connectivity index (χ0) is 20.6. The van der Waals surface area contributed by atoms with E-state index in [1.54, 1.807) is 24.3 Å². The third-order valence-corrected chi connectivity index (χ3v) is 5.22. The van der Waals surface area contributed by atoms with Gasteiger partial charge in [-0.3, -0.25) is 4.79 Å². The number of hydrogen-bond acceptors (Lipinski definition) is 5. The molecule has 0 unspecified atom stereocenters. The SMILES string of the molecule is CN(C)CCCOC(=O)c1c(-c2ccccc2)csc1NC(=O)c1ccccc1. The zero-order valence-electron chi connectivity index (χ0n) is 16.6. The second kappa shape index (κ2) is 10.0. The fraction of sp³-hybridized carbons (Fsp3) is 0.217. The smallest absolute Gasteiger partial charge is 0.341 e. The third kappa shape index (κ3) is 5.53. The molecular formula is C23H24N2O3S. The Morgan fingerprint density at radius 2 is 1.66 bits per heavy atom. The number of nitrogens with zero attached hydrogens (tertiary/aromatic N) is 1. The van der Waals surface area contributed by atoms with Crippen LogP contribution in [0.1, 0.15) is 27.1 Å². The molecule has 0 aliphatic rings. The maximum Gasteiger partial charge on any atom is 0.341 e. The fourth-order valence-electron chi connectivity index (χ4n) is 2.87. The Labute approximate surface area is 174 Å². The second-order valence-corrected chi connectivity index (χ2v) is 7.71. The minimum Gasteiger partial charge on any atom is -0.462 e. The molecule has 0 atom stereocenters. The van der Waals surface area contributed by atoms with Gasteiger partial charge in [-0.1, -0.05) is 48.5 Å². The number of amides is 1. The molecule has 29 heavy (non-hydrogen) atoms. The molecule has 0 fully saturated rings. The highest BCUT2D eigenvalue weighted by molar-refractivity contribution is 7.15. The molecule has 1 amide bonds. The van der Waals surface area contributed by atoms with Crippen LogP contribution in [0.3, 0.4) is 0 Å². The number of thiophene rings is 1. The van der Waals surface area contributed by atoms with Crippen molar-refractivity contribution in [3.63, 3.8) is 0 Å². The number of hydrogen-bond donors (Lipinski definition) is 1. The predicted molar refractivity (Wildman–Crippen MR) is 118 cm³/mol. The van der Waals surface area contributed by atoms with Crippen LogP contribution in [-0.4, -0.2) is 44.0 Å². The quantitative estimate of drug-likeness (QED) is 0.431. The summed E-state index contributed by atoms with van der Waals surface area (Å²) >= 11 is 1.33. The first-order chi connectivity index (χ1) is 14.1. The number of rotatable bonds is 8. The van der Waals surface area contributed by atoms with Gasteiger partial charge in [0.25, 0.3) is 5.91 Å². The van der Waals surface area contributed by atoms with E-state index in [9.17, 15) is 9.59 Å². The molecule has 0 bridgehead atoms. The van der Waals surface area contributed by atoms with Crippen LogP contribution in [-0.2, 0) is 4.74 Å². The van der Waals surface area contributed by atoms with Crippen LogP contribution in [0.25, 0.3) is 11.1 Å². The molecule has 1 aromatic heterocycles. The average molecular weight is 409 g/mol. The lowest BCUT2D eigenvalue weighted by Crippen LogP contribution is -2.17. The van der Waals surface area contributed by atoms with Crippen LogP contribution < -0.4 is 5.32 Å². The minimum atomic E-state index is -0.424. The van der Waals surface area contributed by atoms with Crippen molar-refractivity contribution in [3.05, 3.63) is 77.2 Å². The van der Waals surface area contributed by atoms with Gasteiger partial charge in [0.2, 0.25) is 0 Å². The highest BCUT2D eigenvalue weighted by atomic mass is 32.1. The number of nitrogens with one attached hydrogen (secondary N) is 1. The van der Waals surface area contributed by atoms with Crippen molar-refractivity contribution < 1.29 is 14.3 Å². The molecule has 1 heterocycles. The molecule has 0 radical (unpaired) electrons. The Hall–Kier alpha value is -2.96. The van der Waals surface area contributed by atoms with Crippen molar-refractivity contribution in [2.75, 3.05) is 32.6 Å². The molecule has 5 nitrogen and oxygen atoms in total. The normalized spacial score (nSPS) is 10.7. The summed E-state index contributed by atoms with van der Waals surface area (Å²) in [5.74, 6) is -0.680. The Morgan fingerprint density at radius 1 is 1.00 bits per heavy atom. The molecule has 3 aromatic rings. The second-order valence-electron chi connectivity index (χ2n) is 6.83. The van der Waals surface area contributed by atoms with E-state index in [4.69, 9.17) is 4.74 Å². The van der Waals surface area contributed by atoms with Gasteiger partial charge in [0.15, 0.2) is 0 Å². The summed E-state index contributed by atoms with van der Waals surface area (Å²) < 4.78 is 5.52. The fourth-order valence-corrected chi connectivity index (χ4v) is 3.82. The van der Waals surface area contributed by atoms with Gasteiger partial charge < -0.3 is 15.0 Å². The summed E-state index contributed by atoms with van der Waals surface area (Å²) in [5, 5.41) is 5.25. The topological polar surface area (TPSA) is 58.6 Å². The van der Waals surface area contributed by atoms with Crippen molar-refractivity contribution in [1.29, 1.82) is 0 Å². The molecule has 0 spiro atoms. The predicted octanol–water partition coefficient (Wildman–Crippen LogP) is 4.78. The first-order valence-electron chi connectivity index (χ1n) is 9.41. The van der Waals surface area contributed by atoms with Crippen molar-refractivity contribution in [2.24, 2.45) is 0 Å². The van der Waals surface area contributed by atoms with Gasteiger partial charge >= 0.3 is 5.97 Å². The van der Waals surface area contributed by atoms with Gasteiger partial charge in [0.1, 0.15) is 10.6 Å². The summed E-state index contributed by atoms with van der Waals surface area (Å²) in [7, 11) is 3.96. The van der Waals surface area contributed by atoms with E-state index in [1.807, 2.05) is 60.8 Å². The molecule has 0 saturated heterocycles. The summed E-state index contributed by atoms with van der Waals surface area (Å²) in [6, 6.07) is 18.6. The molecule has 3 rings (SSSR count). The Kier molecular flexibility index (Phi) is 7.16. The van der Waals surface area contributed by atoms with E-state index in [0.717, 1.165) is 24.1 Å². The number of benzene rings is 2. The third-order valence-electron chi connectivity index (χ3n) is 4.33. The molecule has 0 aliphatic carbocycles. The lowest BCUT2D eigenvalue weighted by Gasteiger charge is -2.11. The van der Waals surface area contributed by atoms with Gasteiger partial charge in [0, 0.05) is 23.1 Å². The largest absolute Gasteiger partial charge is 0.462 e. The van der Waals surface area contributed by atoms with Crippen LogP contribution in [0.4, 0.5) is 5.00 Å². The van der Waals surface area contributed by atoms with Crippen molar-refractivity contribution in [3.8, 4) is 11.1 Å². The summed E-state index contributed by atoms with van der Waals surface area (Å²) in [4.78, 5) is 27.6. The summed E-state index contributed by atoms with van der Waals surface area (Å²) in [6.45, 7) is 1.16. The molecule has 0 saturated carbocycles. The lowest BCUT2D eigenvalue weighted by molar-refractivity contribution is 0.0496. The highest BCUT2D eigenvalue weighted by Gasteiger charge is 2.23. The van der Waals surface area contributed by atoms with E-state index in [2.05, 4.69) is 5.32 Å². The standard InChI is InChI=1S/C23H24N2O3S/c1-25(2)14-9-15-28-23(27)20-19(17-10-5-3-6-11-17)16-29-22(20)24-21(26)18-12-7-4-8-13-18/h3-8,10-13,16H,9,14-15H2,1-2H3,(H,24,26). The number of ether oxygens (including phenoxy) is 1. The Bertz CT molecular complexity index is 953. The Morgan fingerprint density at radius 3 is 2.31 bits per heavy atom. The maximum absolute atomic E-state index is 12.9. The lowest BCUT2D eigenvalue weighted by atomic mass is 10.0. The number of carbonyl (C=O) groups excluding carboxylic acids is 2. The van der Waals surface area contributed by atoms with Gasteiger partial charge in [0.05, 0.1) is 6.61 Å². The van der Waals surface area contributed by atoms with Crippen LogP contribution in [0.15, 0.2) is 66.0 Å². The number of anilines is 1. The van der Waals surface area contributed by atoms with Crippen LogP contribution >= 0.6 is 11.3 Å². The zero-order valence-corrected chi connectivity index (χ0v) is 17.4. The molecule has 1 N–H and O–H groups in total. The molecule has 0 aliphatic heterocycles. The van der Waals surface area contributed by atoms with Crippen molar-refractivity contribution >= 4 is 28.2 Å². The van der Waals surface area contributed by atoms with E-state index in [0.29, 0.717) is 22.7 Å². The molecule has 2 aromatic carbocycles. The van der Waals surface area contributed by atoms with Gasteiger partial charge in [-0.15, -0.1) is 11.3 Å². The number of carbonyl (C=O) groups is 2. The van der Waals surface area contributed by atoms with Crippen molar-refractivity contribution in [2.45, 2.75) is 6.42 Å². The average Bonchev–Trinajstić information content (AvgIpc) is 3.15. The van der Waals surface area contributed by atoms with E-state index < -0.39 is 5.97 Å². The van der Waals surface area contributed by atoms with E-state index in [1.165, 1.54) is 11.3 Å². The van der Waals surface area contributed by atoms with Crippen molar-refractivity contribution in [1.82, 2.24) is 4.90 Å². The van der Waals surface area contributed by atoms with Gasteiger partial charge in [-0.05, 0) is 38.2 Å². The first-order valence-corrected chi connectivity index (χ1v) is 10.3. The maximum atomic E-state index is 12.9. The first kappa shape index (κ1) is 20.8. The minimum absolute atomic E-state index is 0.256. The van der Waals surface area contributed by atoms with Crippen LogP contribution in [0, 0.1) is 0 Å². The number of esters is 1. The monoisotopic (exact) mass is 408 g/mol. The van der Waals surface area contributed by atoms with Crippen LogP contribution in [0.5, 0.6) is 0 Å². The summed E-state index contributed by atoms with van der Waals surface area (Å²) in [6.07, 6.45) is 0.745. The molecular weight excluding hydrogens is 384 g/mol.